The van der Waals surface area contributed by atoms with Crippen molar-refractivity contribution in [1.29, 1.82) is 0 Å². The standard InChI is InChI=1S/C20H25N10O10PS/c21-14-8-15(24-3-23-14)29(4-25-8)18-12(34)10(32)7(39-18)2-37-41(36,42)40-13-11(33)6(1-31)38-19(13)30-5-26-9-16(30)27-20(22)28-17(9)35/h3-7,10-13,18-19,31-34H,1-2H2,(H,36,42)(H2,21,23,24)(H3,22,27,28,35)/t6-,7-,10?,11?,12+,13+,18-,19-,41?/m1/s1. The van der Waals surface area contributed by atoms with Crippen molar-refractivity contribution in [2.24, 2.45) is 0 Å². The highest BCUT2D eigenvalue weighted by molar-refractivity contribution is 8.44. The largest absolute Gasteiger partial charge is 0.394 e. The third-order valence-corrected chi connectivity index (χ3v) is 8.49. The van der Waals surface area contributed by atoms with E-state index < -0.39 is 74.7 Å². The van der Waals surface area contributed by atoms with Gasteiger partial charge in [0.2, 0.25) is 5.95 Å². The maximum absolute atomic E-state index is 13.3. The van der Waals surface area contributed by atoms with Gasteiger partial charge in [0.25, 0.3) is 5.56 Å². The molecule has 22 heteroatoms. The van der Waals surface area contributed by atoms with E-state index >= 15 is 0 Å². The molecular weight excluding hydrogens is 603 g/mol. The minimum absolute atomic E-state index is 0.0304. The van der Waals surface area contributed by atoms with Gasteiger partial charge >= 0.3 is 6.80 Å². The molecule has 20 nitrogen and oxygen atoms in total. The van der Waals surface area contributed by atoms with E-state index in [0.717, 1.165) is 0 Å². The summed E-state index contributed by atoms with van der Waals surface area (Å²) < 4.78 is 38.2. The molecule has 9 atom stereocenters. The van der Waals surface area contributed by atoms with Gasteiger partial charge in [0, 0.05) is 0 Å². The molecule has 0 aromatic carbocycles. The van der Waals surface area contributed by atoms with Crippen molar-refractivity contribution in [2.45, 2.75) is 49.1 Å². The Morgan fingerprint density at radius 2 is 1.67 bits per heavy atom. The fourth-order valence-electron chi connectivity index (χ4n) is 4.84. The van der Waals surface area contributed by atoms with Crippen LogP contribution in [0.4, 0.5) is 11.8 Å². The molecule has 2 aliphatic heterocycles. The minimum atomic E-state index is -4.36. The SMILES string of the molecule is Nc1nc2c(ncn2[C@@H]2O[C@H](CO)C(O)[C@@H]2OP(=O)(S)OC[C@H]2O[C@@H](n3cnc4c(N)ncnc43)[C@@H](O)C2O)c(=O)[nH]1. The van der Waals surface area contributed by atoms with E-state index in [-0.39, 0.29) is 34.1 Å². The van der Waals surface area contributed by atoms with Crippen LogP contribution in [0.5, 0.6) is 0 Å². The molecule has 0 amide bonds. The Labute approximate surface area is 238 Å². The Morgan fingerprint density at radius 1 is 0.976 bits per heavy atom. The van der Waals surface area contributed by atoms with Crippen LogP contribution in [-0.4, -0.2) is 109 Å². The lowest BCUT2D eigenvalue weighted by Crippen LogP contribution is -2.35. The highest BCUT2D eigenvalue weighted by Gasteiger charge is 2.50. The van der Waals surface area contributed by atoms with Crippen LogP contribution in [0.3, 0.4) is 0 Å². The van der Waals surface area contributed by atoms with Gasteiger partial charge in [0.15, 0.2) is 35.1 Å². The van der Waals surface area contributed by atoms with Crippen LogP contribution in [0.25, 0.3) is 22.3 Å². The monoisotopic (exact) mass is 628 g/mol. The van der Waals surface area contributed by atoms with Gasteiger partial charge in [-0.1, -0.05) is 12.2 Å². The Bertz CT molecular complexity index is 1730. The van der Waals surface area contributed by atoms with Crippen molar-refractivity contribution in [2.75, 3.05) is 24.7 Å². The number of thiol groups is 1. The first kappa shape index (κ1) is 28.9. The molecule has 0 saturated carbocycles. The van der Waals surface area contributed by atoms with Crippen LogP contribution in [-0.2, 0) is 23.1 Å². The number of H-pyrrole nitrogens is 1. The second kappa shape index (κ2) is 10.8. The molecule has 226 valence electrons. The van der Waals surface area contributed by atoms with Gasteiger partial charge in [-0.15, -0.1) is 0 Å². The van der Waals surface area contributed by atoms with Crippen molar-refractivity contribution in [3.8, 4) is 0 Å². The molecule has 9 N–H and O–H groups in total. The number of fused-ring (bicyclic) bond motifs is 2. The van der Waals surface area contributed by atoms with Gasteiger partial charge in [-0.25, -0.2) is 24.5 Å². The van der Waals surface area contributed by atoms with Crippen LogP contribution in [0.15, 0.2) is 23.8 Å². The van der Waals surface area contributed by atoms with Gasteiger partial charge in [-0.2, -0.15) is 4.98 Å². The Morgan fingerprint density at radius 3 is 2.40 bits per heavy atom. The van der Waals surface area contributed by atoms with E-state index in [2.05, 4.69) is 42.2 Å². The molecular formula is C20H25N10O10PS. The lowest BCUT2D eigenvalue weighted by atomic mass is 10.1. The van der Waals surface area contributed by atoms with E-state index in [0.29, 0.717) is 0 Å². The van der Waals surface area contributed by atoms with Crippen molar-refractivity contribution in [3.05, 3.63) is 29.3 Å². The summed E-state index contributed by atoms with van der Waals surface area (Å²) in [6.45, 7) is -5.57. The number of hydrogen-bond acceptors (Lipinski definition) is 17. The molecule has 0 radical (unpaired) electrons. The zero-order valence-corrected chi connectivity index (χ0v) is 23.0. The fraction of sp³-hybridized carbons (Fsp3) is 0.500. The summed E-state index contributed by atoms with van der Waals surface area (Å²) in [5, 5.41) is 41.7. The molecule has 2 aliphatic rings. The van der Waals surface area contributed by atoms with Crippen molar-refractivity contribution >= 4 is 53.1 Å². The predicted octanol–water partition coefficient (Wildman–Crippen LogP) is -2.57. The number of nitrogen functional groups attached to an aromatic ring is 2. The molecule has 2 saturated heterocycles. The number of aromatic nitrogens is 8. The number of aromatic amines is 1. The number of rotatable bonds is 8. The summed E-state index contributed by atoms with van der Waals surface area (Å²) in [4.78, 5) is 34.6. The minimum Gasteiger partial charge on any atom is -0.394 e. The summed E-state index contributed by atoms with van der Waals surface area (Å²) in [5.74, 6) is -0.114. The van der Waals surface area contributed by atoms with Gasteiger partial charge < -0.3 is 41.4 Å². The average Bonchev–Trinajstić information content (AvgIpc) is 3.69. The summed E-state index contributed by atoms with van der Waals surface area (Å²) in [6, 6.07) is 0. The smallest absolute Gasteiger partial charge is 0.386 e. The Balaban J connectivity index is 1.19. The van der Waals surface area contributed by atoms with Crippen LogP contribution in [0, 0.1) is 0 Å². The quantitative estimate of drug-likeness (QED) is 0.0734. The third-order valence-electron chi connectivity index (χ3n) is 6.87. The Kier molecular flexibility index (Phi) is 7.42. The number of imidazole rings is 2. The van der Waals surface area contributed by atoms with Crippen LogP contribution >= 0.6 is 19.0 Å². The number of hydrogen-bond donors (Lipinski definition) is 8. The maximum Gasteiger partial charge on any atom is 0.386 e. The number of anilines is 2. The number of nitrogens with zero attached hydrogens (tertiary/aromatic N) is 7. The molecule has 4 aromatic heterocycles. The fourth-order valence-corrected chi connectivity index (χ4v) is 6.30. The van der Waals surface area contributed by atoms with Crippen molar-refractivity contribution < 1.29 is 43.5 Å². The van der Waals surface area contributed by atoms with E-state index in [9.17, 15) is 29.8 Å². The highest BCUT2D eigenvalue weighted by atomic mass is 32.7. The third kappa shape index (κ3) is 4.92. The number of aliphatic hydroxyl groups is 4. The van der Waals surface area contributed by atoms with Gasteiger partial charge in [-0.05, 0) is 0 Å². The van der Waals surface area contributed by atoms with Gasteiger partial charge in [0.1, 0.15) is 48.5 Å². The number of nitrogens with two attached hydrogens (primary N) is 2. The zero-order chi connectivity index (χ0) is 29.9. The number of nitrogens with one attached hydrogen (secondary N) is 1. The van der Waals surface area contributed by atoms with Crippen molar-refractivity contribution in [3.63, 3.8) is 0 Å². The molecule has 42 heavy (non-hydrogen) atoms. The van der Waals surface area contributed by atoms with Gasteiger partial charge in [-0.3, -0.25) is 28.0 Å². The Hall–Kier alpha value is -3.24. The molecule has 0 spiro atoms. The lowest BCUT2D eigenvalue weighted by molar-refractivity contribution is -0.0552. The first-order chi connectivity index (χ1) is 20.0. The van der Waals surface area contributed by atoms with Gasteiger partial charge in [0.05, 0.1) is 25.9 Å². The molecule has 0 bridgehead atoms. The molecule has 3 unspecified atom stereocenters. The van der Waals surface area contributed by atoms with E-state index in [1.54, 1.807) is 0 Å². The molecule has 6 heterocycles. The molecule has 6 rings (SSSR count). The normalized spacial score (nSPS) is 31.3. The summed E-state index contributed by atoms with van der Waals surface area (Å²) in [5.41, 5.74) is 11.2. The van der Waals surface area contributed by atoms with Crippen LogP contribution < -0.4 is 17.0 Å². The summed E-state index contributed by atoms with van der Waals surface area (Å²) in [6.07, 6.45) is -7.17. The first-order valence-electron chi connectivity index (χ1n) is 12.3. The summed E-state index contributed by atoms with van der Waals surface area (Å²) >= 11 is 3.99. The predicted molar refractivity (Wildman–Crippen MR) is 143 cm³/mol. The molecule has 0 aliphatic carbocycles. The van der Waals surface area contributed by atoms with Crippen LogP contribution in [0.1, 0.15) is 12.5 Å². The number of ether oxygens (including phenoxy) is 2. The van der Waals surface area contributed by atoms with E-state index in [1.165, 1.54) is 28.1 Å². The topological polar surface area (TPSA) is 294 Å². The van der Waals surface area contributed by atoms with E-state index in [4.69, 9.17) is 30.0 Å². The highest BCUT2D eigenvalue weighted by Crippen LogP contribution is 2.57. The van der Waals surface area contributed by atoms with E-state index in [1.807, 2.05) is 0 Å². The first-order valence-corrected chi connectivity index (χ1v) is 15.0. The average molecular weight is 629 g/mol. The van der Waals surface area contributed by atoms with Crippen molar-refractivity contribution in [1.82, 2.24) is 39.0 Å². The summed E-state index contributed by atoms with van der Waals surface area (Å²) in [7, 11) is 0. The van der Waals surface area contributed by atoms with Crippen LogP contribution in [0.2, 0.25) is 0 Å². The molecule has 4 aromatic rings. The second-order valence-corrected chi connectivity index (χ2v) is 12.4. The molecule has 2 fully saturated rings. The lowest BCUT2D eigenvalue weighted by Gasteiger charge is -2.25. The number of aliphatic hydroxyl groups excluding tert-OH is 4. The zero-order valence-electron chi connectivity index (χ0n) is 21.2. The second-order valence-electron chi connectivity index (χ2n) is 9.48. The maximum atomic E-state index is 13.3.